The zero-order valence-electron chi connectivity index (χ0n) is 7.56. The molecule has 5 nitrogen and oxygen atoms in total. The van der Waals surface area contributed by atoms with Crippen LogP contribution in [0.2, 0.25) is 0 Å². The van der Waals surface area contributed by atoms with Crippen LogP contribution < -0.4 is 4.74 Å². The van der Waals surface area contributed by atoms with Crippen molar-refractivity contribution in [2.24, 2.45) is 0 Å². The monoisotopic (exact) mass is 218 g/mol. The van der Waals surface area contributed by atoms with Crippen molar-refractivity contribution in [2.45, 2.75) is 6.61 Å². The van der Waals surface area contributed by atoms with Crippen molar-refractivity contribution in [1.82, 2.24) is 0 Å². The third-order valence-electron chi connectivity index (χ3n) is 1.55. The Kier molecular flexibility index (Phi) is 3.95. The van der Waals surface area contributed by atoms with Crippen LogP contribution in [0.5, 0.6) is 11.5 Å². The number of ether oxygens (including phenoxy) is 1. The molecule has 1 aromatic rings. The van der Waals surface area contributed by atoms with Gasteiger partial charge in [0, 0.05) is 6.07 Å². The number of rotatable bonds is 4. The lowest BCUT2D eigenvalue weighted by atomic mass is 10.2. The number of aromatic hydroxyl groups is 1. The summed E-state index contributed by atoms with van der Waals surface area (Å²) < 4.78 is 19.7. The molecule has 1 unspecified atom stereocenters. The molecule has 1 rings (SSSR count). The van der Waals surface area contributed by atoms with Gasteiger partial charge in [-0.05, 0) is 17.7 Å². The van der Waals surface area contributed by atoms with E-state index in [0.29, 0.717) is 11.3 Å². The Morgan fingerprint density at radius 1 is 1.43 bits per heavy atom. The third kappa shape index (κ3) is 3.38. The van der Waals surface area contributed by atoms with E-state index in [1.54, 1.807) is 6.07 Å². The SMILES string of the molecule is COc1cc(O)cc(CO[PH](=O)O)c1. The van der Waals surface area contributed by atoms with Crippen LogP contribution in [-0.2, 0) is 15.7 Å². The molecule has 14 heavy (non-hydrogen) atoms. The van der Waals surface area contributed by atoms with Crippen LogP contribution in [0, 0.1) is 0 Å². The molecule has 78 valence electrons. The van der Waals surface area contributed by atoms with E-state index in [4.69, 9.17) is 9.63 Å². The molecule has 0 spiro atoms. The molecule has 0 amide bonds. The standard InChI is InChI=1S/C8H11O5P/c1-12-8-3-6(2-7(9)4-8)5-13-14(10)11/h2-4,9,14H,5H2,1H3,(H,10,11). The minimum atomic E-state index is -2.94. The maximum absolute atomic E-state index is 10.3. The average Bonchev–Trinajstić information content (AvgIpc) is 2.14. The molecule has 0 fully saturated rings. The Labute approximate surface area is 81.9 Å². The van der Waals surface area contributed by atoms with Crippen LogP contribution in [0.1, 0.15) is 5.56 Å². The molecule has 0 saturated carbocycles. The quantitative estimate of drug-likeness (QED) is 0.745. The van der Waals surface area contributed by atoms with Crippen molar-refractivity contribution in [1.29, 1.82) is 0 Å². The van der Waals surface area contributed by atoms with Crippen LogP contribution in [-0.4, -0.2) is 17.1 Å². The Morgan fingerprint density at radius 3 is 2.71 bits per heavy atom. The van der Waals surface area contributed by atoms with Gasteiger partial charge in [0.05, 0.1) is 13.7 Å². The van der Waals surface area contributed by atoms with E-state index in [2.05, 4.69) is 4.52 Å². The number of hydrogen-bond acceptors (Lipinski definition) is 4. The molecular formula is C8H11O5P. The smallest absolute Gasteiger partial charge is 0.316 e. The predicted octanol–water partition coefficient (Wildman–Crippen LogP) is 1.30. The average molecular weight is 218 g/mol. The zero-order valence-corrected chi connectivity index (χ0v) is 8.56. The fourth-order valence-electron chi connectivity index (χ4n) is 0.990. The minimum Gasteiger partial charge on any atom is -0.508 e. The molecule has 0 aliphatic carbocycles. The predicted molar refractivity (Wildman–Crippen MR) is 50.7 cm³/mol. The topological polar surface area (TPSA) is 76.0 Å². The van der Waals surface area contributed by atoms with Gasteiger partial charge in [-0.15, -0.1) is 0 Å². The number of hydrogen-bond donors (Lipinski definition) is 2. The number of benzene rings is 1. The van der Waals surface area contributed by atoms with Gasteiger partial charge in [-0.3, -0.25) is 4.57 Å². The summed E-state index contributed by atoms with van der Waals surface area (Å²) in [5, 5.41) is 9.22. The minimum absolute atomic E-state index is 0.0283. The number of phenolic OH excluding ortho intramolecular Hbond substituents is 1. The van der Waals surface area contributed by atoms with E-state index >= 15 is 0 Å². The van der Waals surface area contributed by atoms with E-state index in [1.165, 1.54) is 19.2 Å². The third-order valence-corrected chi connectivity index (χ3v) is 1.94. The number of methoxy groups -OCH3 is 1. The molecule has 0 bridgehead atoms. The summed E-state index contributed by atoms with van der Waals surface area (Å²) in [5.74, 6) is 0.502. The second kappa shape index (κ2) is 5.00. The summed E-state index contributed by atoms with van der Waals surface area (Å²) >= 11 is 0. The second-order valence-electron chi connectivity index (χ2n) is 2.59. The summed E-state index contributed by atoms with van der Waals surface area (Å²) in [6, 6.07) is 4.49. The lowest BCUT2D eigenvalue weighted by Crippen LogP contribution is -1.89. The molecule has 0 saturated heterocycles. The highest BCUT2D eigenvalue weighted by molar-refractivity contribution is 7.32. The Balaban J connectivity index is 2.76. The highest BCUT2D eigenvalue weighted by atomic mass is 31.1. The van der Waals surface area contributed by atoms with Crippen LogP contribution in [0.15, 0.2) is 18.2 Å². The van der Waals surface area contributed by atoms with Crippen molar-refractivity contribution >= 4 is 8.25 Å². The summed E-state index contributed by atoms with van der Waals surface area (Å²) in [7, 11) is -1.47. The van der Waals surface area contributed by atoms with Gasteiger partial charge in [0.2, 0.25) is 0 Å². The highest BCUT2D eigenvalue weighted by Gasteiger charge is 2.01. The van der Waals surface area contributed by atoms with E-state index in [0.717, 1.165) is 0 Å². The van der Waals surface area contributed by atoms with E-state index in [-0.39, 0.29) is 12.4 Å². The zero-order chi connectivity index (χ0) is 10.6. The molecule has 1 aromatic carbocycles. The van der Waals surface area contributed by atoms with Gasteiger partial charge in [-0.25, -0.2) is 0 Å². The second-order valence-corrected chi connectivity index (χ2v) is 3.41. The summed E-state index contributed by atoms with van der Waals surface area (Å²) in [4.78, 5) is 8.44. The maximum Gasteiger partial charge on any atom is 0.316 e. The summed E-state index contributed by atoms with van der Waals surface area (Å²) in [6.07, 6.45) is 0. The first-order chi connectivity index (χ1) is 6.61. The fraction of sp³-hybridized carbons (Fsp3) is 0.250. The molecule has 0 aliphatic heterocycles. The summed E-state index contributed by atoms with van der Waals surface area (Å²) in [6.45, 7) is -0.0287. The van der Waals surface area contributed by atoms with Crippen molar-refractivity contribution in [2.75, 3.05) is 7.11 Å². The van der Waals surface area contributed by atoms with Gasteiger partial charge in [0.1, 0.15) is 11.5 Å². The van der Waals surface area contributed by atoms with Gasteiger partial charge < -0.3 is 19.3 Å². The van der Waals surface area contributed by atoms with Gasteiger partial charge in [-0.1, -0.05) is 0 Å². The van der Waals surface area contributed by atoms with Gasteiger partial charge >= 0.3 is 8.25 Å². The van der Waals surface area contributed by atoms with Crippen LogP contribution in [0.4, 0.5) is 0 Å². The van der Waals surface area contributed by atoms with Crippen LogP contribution in [0.25, 0.3) is 0 Å². The Morgan fingerprint density at radius 2 is 2.14 bits per heavy atom. The van der Waals surface area contributed by atoms with Crippen molar-refractivity contribution in [3.63, 3.8) is 0 Å². The van der Waals surface area contributed by atoms with E-state index < -0.39 is 8.25 Å². The first-order valence-corrected chi connectivity index (χ1v) is 5.11. The molecule has 6 heteroatoms. The lowest BCUT2D eigenvalue weighted by Gasteiger charge is -2.05. The van der Waals surface area contributed by atoms with Crippen LogP contribution in [0.3, 0.4) is 0 Å². The molecule has 2 N–H and O–H groups in total. The molecule has 0 aromatic heterocycles. The Hall–Kier alpha value is -1.03. The van der Waals surface area contributed by atoms with Gasteiger partial charge in [0.25, 0.3) is 0 Å². The largest absolute Gasteiger partial charge is 0.508 e. The molecule has 0 heterocycles. The maximum atomic E-state index is 10.3. The highest BCUT2D eigenvalue weighted by Crippen LogP contribution is 2.24. The Bertz CT molecular complexity index is 339. The van der Waals surface area contributed by atoms with Gasteiger partial charge in [-0.2, -0.15) is 0 Å². The van der Waals surface area contributed by atoms with Crippen molar-refractivity contribution in [3.8, 4) is 11.5 Å². The van der Waals surface area contributed by atoms with Crippen molar-refractivity contribution in [3.05, 3.63) is 23.8 Å². The first-order valence-electron chi connectivity index (χ1n) is 3.84. The summed E-state index contributed by atoms with van der Waals surface area (Å²) in [5.41, 5.74) is 0.578. The molecular weight excluding hydrogens is 207 g/mol. The number of phenols is 1. The van der Waals surface area contributed by atoms with Gasteiger partial charge in [0.15, 0.2) is 0 Å². The van der Waals surface area contributed by atoms with Crippen LogP contribution >= 0.6 is 8.25 Å². The molecule has 1 atom stereocenters. The normalized spacial score (nSPS) is 12.4. The fourth-order valence-corrected chi connectivity index (χ4v) is 1.28. The van der Waals surface area contributed by atoms with E-state index in [9.17, 15) is 9.67 Å². The molecule has 0 aliphatic rings. The molecule has 0 radical (unpaired) electrons. The van der Waals surface area contributed by atoms with Crippen molar-refractivity contribution < 1.29 is 23.8 Å². The van der Waals surface area contributed by atoms with E-state index in [1.807, 2.05) is 0 Å². The lowest BCUT2D eigenvalue weighted by molar-refractivity contribution is 0.271. The first kappa shape index (κ1) is 11.0.